The third-order valence-electron chi connectivity index (χ3n) is 3.95. The summed E-state index contributed by atoms with van der Waals surface area (Å²) in [5, 5.41) is 5.78. The second-order valence-corrected chi connectivity index (χ2v) is 6.64. The van der Waals surface area contributed by atoms with Crippen molar-refractivity contribution in [1.29, 1.82) is 0 Å². The molecule has 0 aliphatic carbocycles. The molecule has 0 saturated carbocycles. The number of anilines is 1. The van der Waals surface area contributed by atoms with Gasteiger partial charge in [0.1, 0.15) is 5.75 Å². The van der Waals surface area contributed by atoms with Crippen LogP contribution in [0.2, 0.25) is 5.02 Å². The van der Waals surface area contributed by atoms with Crippen LogP contribution in [-0.4, -0.2) is 38.0 Å². The number of rotatable bonds is 9. The summed E-state index contributed by atoms with van der Waals surface area (Å²) in [5.74, 6) is -0.473. The van der Waals surface area contributed by atoms with Crippen LogP contribution in [0.3, 0.4) is 0 Å². The molecule has 2 aromatic carbocycles. The number of ether oxygens (including phenoxy) is 2. The van der Waals surface area contributed by atoms with Crippen molar-refractivity contribution in [1.82, 2.24) is 5.32 Å². The van der Waals surface area contributed by atoms with Crippen molar-refractivity contribution >= 4 is 35.1 Å². The number of carbonyl (C=O) groups excluding carboxylic acids is 3. The summed E-state index contributed by atoms with van der Waals surface area (Å²) < 4.78 is 10.5. The first-order valence-electron chi connectivity index (χ1n) is 9.05. The van der Waals surface area contributed by atoms with Gasteiger partial charge in [-0.25, -0.2) is 0 Å². The number of aryl methyl sites for hydroxylation is 1. The minimum absolute atomic E-state index is 0.140. The van der Waals surface area contributed by atoms with E-state index in [4.69, 9.17) is 21.1 Å². The van der Waals surface area contributed by atoms with Gasteiger partial charge >= 0.3 is 5.97 Å². The number of carbonyl (C=O) groups is 3. The Kier molecular flexibility index (Phi) is 8.48. The minimum atomic E-state index is -0.481. The molecule has 0 unspecified atom stereocenters. The summed E-state index contributed by atoms with van der Waals surface area (Å²) in [6, 6.07) is 11.7. The Balaban J connectivity index is 1.64. The first-order valence-corrected chi connectivity index (χ1v) is 9.43. The van der Waals surface area contributed by atoms with Crippen molar-refractivity contribution in [3.63, 3.8) is 0 Å². The highest BCUT2D eigenvalue weighted by molar-refractivity contribution is 6.31. The molecule has 0 bridgehead atoms. The van der Waals surface area contributed by atoms with Gasteiger partial charge in [0, 0.05) is 29.7 Å². The monoisotopic (exact) mass is 418 g/mol. The first kappa shape index (κ1) is 22.2. The lowest BCUT2D eigenvalue weighted by Crippen LogP contribution is -2.21. The molecule has 0 heterocycles. The average Bonchev–Trinajstić information content (AvgIpc) is 2.72. The maximum atomic E-state index is 11.9. The molecule has 0 fully saturated rings. The predicted octanol–water partition coefficient (Wildman–Crippen LogP) is 3.35. The molecule has 8 heteroatoms. The lowest BCUT2D eigenvalue weighted by molar-refractivity contribution is -0.147. The first-order chi connectivity index (χ1) is 13.9. The van der Waals surface area contributed by atoms with Crippen LogP contribution in [0, 0.1) is 6.92 Å². The van der Waals surface area contributed by atoms with Crippen LogP contribution in [0.25, 0.3) is 0 Å². The van der Waals surface area contributed by atoms with Gasteiger partial charge in [-0.2, -0.15) is 0 Å². The maximum absolute atomic E-state index is 11.9. The third-order valence-corrected chi connectivity index (χ3v) is 4.37. The Morgan fingerprint density at radius 2 is 1.79 bits per heavy atom. The molecule has 2 aromatic rings. The highest BCUT2D eigenvalue weighted by Crippen LogP contribution is 2.21. The zero-order valence-corrected chi connectivity index (χ0v) is 17.0. The van der Waals surface area contributed by atoms with E-state index in [1.165, 1.54) is 7.05 Å². The molecule has 0 aromatic heterocycles. The summed E-state index contributed by atoms with van der Waals surface area (Å²) >= 11 is 5.95. The summed E-state index contributed by atoms with van der Waals surface area (Å²) in [5.41, 5.74) is 1.90. The standard InChI is InChI=1S/C21H23ClN2O5/c1-14-12-17(9-10-18(14)22)28-11-3-4-20(26)29-13-19(25)24-16-7-5-15(6-8-16)21(27)23-2/h5-10,12H,3-4,11,13H2,1-2H3,(H,23,27)(H,24,25). The molecule has 0 saturated heterocycles. The molecular weight excluding hydrogens is 396 g/mol. The van der Waals surface area contributed by atoms with Crippen LogP contribution >= 0.6 is 11.6 Å². The molecule has 0 spiro atoms. The highest BCUT2D eigenvalue weighted by atomic mass is 35.5. The second-order valence-electron chi connectivity index (χ2n) is 6.23. The lowest BCUT2D eigenvalue weighted by atomic mass is 10.2. The van der Waals surface area contributed by atoms with Crippen molar-refractivity contribution in [2.75, 3.05) is 25.6 Å². The van der Waals surface area contributed by atoms with E-state index in [9.17, 15) is 14.4 Å². The van der Waals surface area contributed by atoms with Crippen LogP contribution in [0.5, 0.6) is 5.75 Å². The smallest absolute Gasteiger partial charge is 0.306 e. The van der Waals surface area contributed by atoms with E-state index in [0.29, 0.717) is 35.1 Å². The van der Waals surface area contributed by atoms with E-state index in [0.717, 1.165) is 5.56 Å². The van der Waals surface area contributed by atoms with E-state index in [2.05, 4.69) is 10.6 Å². The number of hydrogen-bond acceptors (Lipinski definition) is 5. The van der Waals surface area contributed by atoms with Crippen LogP contribution in [0.4, 0.5) is 5.69 Å². The van der Waals surface area contributed by atoms with Crippen molar-refractivity contribution in [2.24, 2.45) is 0 Å². The van der Waals surface area contributed by atoms with Gasteiger partial charge < -0.3 is 20.1 Å². The number of amides is 2. The number of hydrogen-bond donors (Lipinski definition) is 2. The minimum Gasteiger partial charge on any atom is -0.494 e. The average molecular weight is 419 g/mol. The molecule has 29 heavy (non-hydrogen) atoms. The van der Waals surface area contributed by atoms with E-state index >= 15 is 0 Å². The second kappa shape index (κ2) is 11.1. The number of benzene rings is 2. The van der Waals surface area contributed by atoms with Gasteiger partial charge in [-0.15, -0.1) is 0 Å². The Hall–Kier alpha value is -3.06. The molecule has 0 atom stereocenters. The van der Waals surface area contributed by atoms with Gasteiger partial charge in [0.15, 0.2) is 6.61 Å². The summed E-state index contributed by atoms with van der Waals surface area (Å²) in [6.07, 6.45) is 0.601. The Morgan fingerprint density at radius 3 is 2.45 bits per heavy atom. The molecule has 0 aliphatic heterocycles. The fourth-order valence-electron chi connectivity index (χ4n) is 2.38. The zero-order valence-electron chi connectivity index (χ0n) is 16.3. The summed E-state index contributed by atoms with van der Waals surface area (Å²) in [7, 11) is 1.54. The van der Waals surface area contributed by atoms with Gasteiger partial charge in [-0.05, 0) is 61.4 Å². The van der Waals surface area contributed by atoms with Crippen LogP contribution in [0.1, 0.15) is 28.8 Å². The molecular formula is C21H23ClN2O5. The quantitative estimate of drug-likeness (QED) is 0.481. The van der Waals surface area contributed by atoms with Gasteiger partial charge in [-0.3, -0.25) is 14.4 Å². The highest BCUT2D eigenvalue weighted by Gasteiger charge is 2.09. The fourth-order valence-corrected chi connectivity index (χ4v) is 2.50. The molecule has 7 nitrogen and oxygen atoms in total. The number of esters is 1. The molecule has 154 valence electrons. The summed E-state index contributed by atoms with van der Waals surface area (Å²) in [4.78, 5) is 35.1. The Bertz CT molecular complexity index is 868. The van der Waals surface area contributed by atoms with Crippen LogP contribution in [0.15, 0.2) is 42.5 Å². The Morgan fingerprint density at radius 1 is 1.07 bits per heavy atom. The maximum Gasteiger partial charge on any atom is 0.306 e. The normalized spacial score (nSPS) is 10.2. The number of halogens is 1. The fraction of sp³-hybridized carbons (Fsp3) is 0.286. The van der Waals surface area contributed by atoms with E-state index in [1.54, 1.807) is 36.4 Å². The molecule has 0 radical (unpaired) electrons. The molecule has 2 N–H and O–H groups in total. The van der Waals surface area contributed by atoms with E-state index in [1.807, 2.05) is 13.0 Å². The lowest BCUT2D eigenvalue weighted by Gasteiger charge is -2.09. The van der Waals surface area contributed by atoms with E-state index < -0.39 is 11.9 Å². The third kappa shape index (κ3) is 7.46. The molecule has 2 amide bonds. The predicted molar refractivity (Wildman–Crippen MR) is 110 cm³/mol. The SMILES string of the molecule is CNC(=O)c1ccc(NC(=O)COC(=O)CCCOc2ccc(Cl)c(C)c2)cc1. The van der Waals surface area contributed by atoms with Crippen LogP contribution < -0.4 is 15.4 Å². The molecule has 0 aliphatic rings. The summed E-state index contributed by atoms with van der Waals surface area (Å²) in [6.45, 7) is 1.85. The van der Waals surface area contributed by atoms with Gasteiger partial charge in [0.25, 0.3) is 11.8 Å². The van der Waals surface area contributed by atoms with Crippen LogP contribution in [-0.2, 0) is 14.3 Å². The van der Waals surface area contributed by atoms with Crippen molar-refractivity contribution in [3.05, 3.63) is 58.6 Å². The van der Waals surface area contributed by atoms with Crippen molar-refractivity contribution in [2.45, 2.75) is 19.8 Å². The largest absolute Gasteiger partial charge is 0.494 e. The van der Waals surface area contributed by atoms with Crippen molar-refractivity contribution < 1.29 is 23.9 Å². The van der Waals surface area contributed by atoms with Gasteiger partial charge in [0.2, 0.25) is 0 Å². The Labute approximate surface area is 174 Å². The molecule has 2 rings (SSSR count). The number of nitrogens with one attached hydrogen (secondary N) is 2. The van der Waals surface area contributed by atoms with Gasteiger partial charge in [-0.1, -0.05) is 11.6 Å². The van der Waals surface area contributed by atoms with Gasteiger partial charge in [0.05, 0.1) is 6.61 Å². The van der Waals surface area contributed by atoms with Crippen molar-refractivity contribution in [3.8, 4) is 5.75 Å². The zero-order chi connectivity index (χ0) is 21.2. The van der Waals surface area contributed by atoms with E-state index in [-0.39, 0.29) is 18.9 Å². The topological polar surface area (TPSA) is 93.7 Å².